The number of piperazine rings is 1. The largest absolute Gasteiger partial charge is 0.368 e. The molecule has 2 saturated heterocycles. The van der Waals surface area contributed by atoms with Crippen molar-refractivity contribution < 1.29 is 4.79 Å². The van der Waals surface area contributed by atoms with E-state index in [1.165, 1.54) is 24.1 Å². The fraction of sp³-hybridized carbons (Fsp3) is 0.542. The van der Waals surface area contributed by atoms with Gasteiger partial charge in [-0.25, -0.2) is 9.97 Å². The molecule has 0 radical (unpaired) electrons. The minimum atomic E-state index is -0.0749. The summed E-state index contributed by atoms with van der Waals surface area (Å²) in [7, 11) is 0. The Kier molecular flexibility index (Phi) is 6.03. The monoisotopic (exact) mass is 437 g/mol. The van der Waals surface area contributed by atoms with Crippen LogP contribution in [0.5, 0.6) is 0 Å². The van der Waals surface area contributed by atoms with Crippen molar-refractivity contribution in [3.05, 3.63) is 42.2 Å². The summed E-state index contributed by atoms with van der Waals surface area (Å²) in [6.07, 6.45) is 6.41. The van der Waals surface area contributed by atoms with E-state index >= 15 is 0 Å². The van der Waals surface area contributed by atoms with Gasteiger partial charge in [-0.15, -0.1) is 0 Å². The number of thioether (sulfide) groups is 1. The zero-order chi connectivity index (χ0) is 21.2. The van der Waals surface area contributed by atoms with E-state index in [0.29, 0.717) is 0 Å². The predicted molar refractivity (Wildman–Crippen MR) is 126 cm³/mol. The van der Waals surface area contributed by atoms with Crippen molar-refractivity contribution in [2.24, 2.45) is 0 Å². The molecule has 0 saturated carbocycles. The number of para-hydroxylation sites is 1. The van der Waals surface area contributed by atoms with E-state index in [1.54, 1.807) is 18.1 Å². The lowest BCUT2D eigenvalue weighted by atomic mass is 9.98. The molecule has 0 bridgehead atoms. The van der Waals surface area contributed by atoms with Crippen molar-refractivity contribution in [1.82, 2.24) is 14.9 Å². The Labute approximate surface area is 189 Å². The summed E-state index contributed by atoms with van der Waals surface area (Å²) >= 11 is 1.65. The third-order valence-corrected chi connectivity index (χ3v) is 8.25. The van der Waals surface area contributed by atoms with E-state index in [2.05, 4.69) is 56.9 Å². The van der Waals surface area contributed by atoms with Crippen LogP contribution in [0.25, 0.3) is 0 Å². The predicted octanol–water partition coefficient (Wildman–Crippen LogP) is 3.78. The number of hydrogen-bond acceptors (Lipinski definition) is 6. The minimum Gasteiger partial charge on any atom is -0.368 e. The van der Waals surface area contributed by atoms with Gasteiger partial charge >= 0.3 is 0 Å². The lowest BCUT2D eigenvalue weighted by molar-refractivity contribution is -0.130. The van der Waals surface area contributed by atoms with Crippen LogP contribution in [0.2, 0.25) is 0 Å². The third-order valence-electron chi connectivity index (χ3n) is 6.84. The first kappa shape index (κ1) is 20.6. The minimum absolute atomic E-state index is 0.0749. The summed E-state index contributed by atoms with van der Waals surface area (Å²) in [4.78, 5) is 29.5. The normalized spacial score (nSPS) is 24.1. The van der Waals surface area contributed by atoms with E-state index in [0.717, 1.165) is 63.0 Å². The van der Waals surface area contributed by atoms with Gasteiger partial charge in [0.1, 0.15) is 17.2 Å². The summed E-state index contributed by atoms with van der Waals surface area (Å²) in [5.74, 6) is 1.46. The molecular formula is C24H31N5OS. The number of likely N-dealkylation sites (tertiary alicyclic amines) is 1. The van der Waals surface area contributed by atoms with Gasteiger partial charge in [-0.2, -0.15) is 0 Å². The molecule has 1 amide bonds. The Morgan fingerprint density at radius 3 is 2.29 bits per heavy atom. The Balaban J connectivity index is 1.31. The maximum absolute atomic E-state index is 13.4. The Hall–Kier alpha value is -2.28. The Morgan fingerprint density at radius 1 is 0.903 bits per heavy atom. The van der Waals surface area contributed by atoms with Gasteiger partial charge in [-0.3, -0.25) is 4.79 Å². The maximum atomic E-state index is 13.4. The van der Waals surface area contributed by atoms with Gasteiger partial charge in [0.25, 0.3) is 0 Å². The number of nitrogens with zero attached hydrogens (tertiary/aromatic N) is 5. The van der Waals surface area contributed by atoms with E-state index in [9.17, 15) is 4.79 Å². The molecule has 3 aliphatic heterocycles. The second-order valence-corrected chi connectivity index (χ2v) is 9.92. The quantitative estimate of drug-likeness (QED) is 0.681. The van der Waals surface area contributed by atoms with Crippen molar-refractivity contribution in [2.45, 2.75) is 48.8 Å². The van der Waals surface area contributed by atoms with Gasteiger partial charge in [0, 0.05) is 56.4 Å². The zero-order valence-electron chi connectivity index (χ0n) is 18.2. The summed E-state index contributed by atoms with van der Waals surface area (Å²) in [6, 6.07) is 10.6. The highest BCUT2D eigenvalue weighted by atomic mass is 32.2. The number of carbonyl (C=O) groups is 1. The molecule has 0 N–H and O–H groups in total. The summed E-state index contributed by atoms with van der Waals surface area (Å²) < 4.78 is 0. The van der Waals surface area contributed by atoms with Gasteiger partial charge in [0.05, 0.1) is 5.25 Å². The molecule has 5 rings (SSSR count). The average Bonchev–Trinajstić information content (AvgIpc) is 2.99. The molecule has 164 valence electrons. The third kappa shape index (κ3) is 4.12. The first-order valence-corrected chi connectivity index (χ1v) is 12.5. The molecule has 2 fully saturated rings. The highest BCUT2D eigenvalue weighted by molar-refractivity contribution is 8.01. The molecule has 7 heteroatoms. The first-order chi connectivity index (χ1) is 15.2. The average molecular weight is 438 g/mol. The van der Waals surface area contributed by atoms with Crippen LogP contribution < -0.4 is 9.80 Å². The van der Waals surface area contributed by atoms with Gasteiger partial charge in [0.15, 0.2) is 0 Å². The van der Waals surface area contributed by atoms with Crippen LogP contribution in [0.15, 0.2) is 41.7 Å². The lowest BCUT2D eigenvalue weighted by Gasteiger charge is -2.37. The summed E-state index contributed by atoms with van der Waals surface area (Å²) in [6.45, 7) is 7.80. The topological polar surface area (TPSA) is 52.6 Å². The zero-order valence-corrected chi connectivity index (χ0v) is 19.1. The Morgan fingerprint density at radius 2 is 1.58 bits per heavy atom. The maximum Gasteiger partial charge on any atom is 0.236 e. The fourth-order valence-corrected chi connectivity index (χ4v) is 6.38. The number of hydrogen-bond donors (Lipinski definition) is 0. The van der Waals surface area contributed by atoms with Crippen LogP contribution in [0.3, 0.4) is 0 Å². The number of rotatable bonds is 3. The van der Waals surface area contributed by atoms with Crippen LogP contribution in [0.1, 0.15) is 44.1 Å². The number of amides is 1. The number of fused-ring (bicyclic) bond motifs is 1. The highest BCUT2D eigenvalue weighted by Gasteiger charge is 2.41. The van der Waals surface area contributed by atoms with Gasteiger partial charge in [-0.05, 0) is 25.0 Å². The van der Waals surface area contributed by atoms with E-state index in [4.69, 9.17) is 4.98 Å². The van der Waals surface area contributed by atoms with Crippen molar-refractivity contribution in [2.75, 3.05) is 49.1 Å². The molecule has 2 unspecified atom stereocenters. The molecule has 4 heterocycles. The fourth-order valence-electron chi connectivity index (χ4n) is 5.04. The highest BCUT2D eigenvalue weighted by Crippen LogP contribution is 2.48. The van der Waals surface area contributed by atoms with Crippen molar-refractivity contribution in [1.29, 1.82) is 0 Å². The SMILES string of the molecule is CC1c2c(ncnc2N2CCN(c3ccccc3)CC2)SC1C(=O)N1CCCCCC1. The van der Waals surface area contributed by atoms with E-state index in [-0.39, 0.29) is 17.1 Å². The van der Waals surface area contributed by atoms with Crippen LogP contribution >= 0.6 is 11.8 Å². The van der Waals surface area contributed by atoms with Crippen LogP contribution in [0.4, 0.5) is 11.5 Å². The molecular weight excluding hydrogens is 406 g/mol. The molecule has 2 aromatic rings. The van der Waals surface area contributed by atoms with Crippen molar-refractivity contribution >= 4 is 29.2 Å². The Bertz CT molecular complexity index is 907. The molecule has 6 nitrogen and oxygen atoms in total. The lowest BCUT2D eigenvalue weighted by Crippen LogP contribution is -2.47. The summed E-state index contributed by atoms with van der Waals surface area (Å²) in [5.41, 5.74) is 2.45. The molecule has 2 atom stereocenters. The van der Waals surface area contributed by atoms with Gasteiger partial charge in [-0.1, -0.05) is 49.7 Å². The van der Waals surface area contributed by atoms with Crippen LogP contribution in [-0.2, 0) is 4.79 Å². The van der Waals surface area contributed by atoms with Gasteiger partial charge in [0.2, 0.25) is 5.91 Å². The number of benzene rings is 1. The summed E-state index contributed by atoms with van der Waals surface area (Å²) in [5, 5.41) is 0.922. The second-order valence-electron chi connectivity index (χ2n) is 8.79. The van der Waals surface area contributed by atoms with Crippen LogP contribution in [0, 0.1) is 0 Å². The first-order valence-electron chi connectivity index (χ1n) is 11.6. The molecule has 3 aliphatic rings. The molecule has 31 heavy (non-hydrogen) atoms. The molecule has 0 spiro atoms. The van der Waals surface area contributed by atoms with E-state index < -0.39 is 0 Å². The van der Waals surface area contributed by atoms with E-state index in [1.807, 2.05) is 0 Å². The molecule has 1 aromatic heterocycles. The molecule has 0 aliphatic carbocycles. The number of anilines is 2. The standard InChI is InChI=1S/C24H31N5OS/c1-18-20-22(28-15-13-27(14-16-28)19-9-5-4-6-10-19)25-17-26-23(20)31-21(18)24(30)29-11-7-2-3-8-12-29/h4-6,9-10,17-18,21H,2-3,7-8,11-16H2,1H3. The van der Waals surface area contributed by atoms with Crippen LogP contribution in [-0.4, -0.2) is 65.3 Å². The van der Waals surface area contributed by atoms with Crippen molar-refractivity contribution in [3.63, 3.8) is 0 Å². The number of aromatic nitrogens is 2. The second kappa shape index (κ2) is 9.07. The van der Waals surface area contributed by atoms with Crippen molar-refractivity contribution in [3.8, 4) is 0 Å². The van der Waals surface area contributed by atoms with Gasteiger partial charge < -0.3 is 14.7 Å². The smallest absolute Gasteiger partial charge is 0.236 e. The number of carbonyl (C=O) groups excluding carboxylic acids is 1. The molecule has 1 aromatic carbocycles.